The van der Waals surface area contributed by atoms with E-state index in [0.29, 0.717) is 17.4 Å². The van der Waals surface area contributed by atoms with Gasteiger partial charge in [0.05, 0.1) is 4.92 Å². The zero-order chi connectivity index (χ0) is 17.1. The fourth-order valence-corrected chi connectivity index (χ4v) is 1.87. The Hall–Kier alpha value is -2.44. The van der Waals surface area contributed by atoms with Crippen molar-refractivity contribution in [2.45, 2.75) is 45.8 Å². The predicted octanol–water partition coefficient (Wildman–Crippen LogP) is 2.84. The Morgan fingerprint density at radius 1 is 1.32 bits per heavy atom. The molecule has 0 saturated carbocycles. The molecule has 120 valence electrons. The van der Waals surface area contributed by atoms with Crippen LogP contribution >= 0.6 is 0 Å². The molecule has 0 bridgehead atoms. The highest BCUT2D eigenvalue weighted by atomic mass is 16.6. The Bertz CT molecular complexity index is 606. The summed E-state index contributed by atoms with van der Waals surface area (Å²) in [5.74, 6) is 0. The Morgan fingerprint density at radius 2 is 1.91 bits per heavy atom. The van der Waals surface area contributed by atoms with Gasteiger partial charge < -0.3 is 14.8 Å². The van der Waals surface area contributed by atoms with E-state index in [1.54, 1.807) is 27.7 Å². The van der Waals surface area contributed by atoms with Gasteiger partial charge in [0.2, 0.25) is 0 Å². The Kier molecular flexibility index (Phi) is 4.91. The lowest BCUT2D eigenvalue weighted by molar-refractivity contribution is -0.385. The molecule has 0 heterocycles. The number of nitro benzene ring substituents is 1. The van der Waals surface area contributed by atoms with Gasteiger partial charge in [-0.2, -0.15) is 0 Å². The minimum absolute atomic E-state index is 0.0470. The molecule has 1 aromatic carbocycles. The van der Waals surface area contributed by atoms with Crippen molar-refractivity contribution in [1.82, 2.24) is 5.32 Å². The van der Waals surface area contributed by atoms with Gasteiger partial charge in [-0.05, 0) is 52.3 Å². The molecule has 1 amide bonds. The van der Waals surface area contributed by atoms with E-state index in [4.69, 9.17) is 4.74 Å². The number of carbonyl (C=O) groups excluding carboxylic acids is 2. The van der Waals surface area contributed by atoms with Crippen LogP contribution in [0.15, 0.2) is 18.2 Å². The number of aryl methyl sites for hydroxylation is 1. The number of hydrogen-bond donors (Lipinski definition) is 1. The smallest absolute Gasteiger partial charge is 0.408 e. The van der Waals surface area contributed by atoms with E-state index in [-0.39, 0.29) is 5.69 Å². The van der Waals surface area contributed by atoms with Crippen LogP contribution in [-0.2, 0) is 15.1 Å². The summed E-state index contributed by atoms with van der Waals surface area (Å²) in [6, 6.07) is 4.25. The summed E-state index contributed by atoms with van der Waals surface area (Å²) in [5, 5.41) is 13.3. The lowest BCUT2D eigenvalue weighted by Crippen LogP contribution is -2.47. The number of aldehydes is 1. The number of carbonyl (C=O) groups is 2. The number of rotatable bonds is 4. The second-order valence-electron chi connectivity index (χ2n) is 6.21. The topological polar surface area (TPSA) is 98.5 Å². The molecule has 1 N–H and O–H groups in total. The lowest BCUT2D eigenvalue weighted by atomic mass is 9.92. The van der Waals surface area contributed by atoms with Crippen molar-refractivity contribution in [3.8, 4) is 0 Å². The molecule has 0 aliphatic rings. The molecule has 1 atom stereocenters. The van der Waals surface area contributed by atoms with Crippen molar-refractivity contribution in [2.24, 2.45) is 0 Å². The first-order valence-electron chi connectivity index (χ1n) is 6.71. The average Bonchev–Trinajstić information content (AvgIpc) is 2.35. The average molecular weight is 308 g/mol. The van der Waals surface area contributed by atoms with Gasteiger partial charge in [0.15, 0.2) is 0 Å². The first-order valence-corrected chi connectivity index (χ1v) is 6.71. The van der Waals surface area contributed by atoms with Crippen LogP contribution in [0.5, 0.6) is 0 Å². The molecule has 0 fully saturated rings. The first-order chi connectivity index (χ1) is 9.98. The number of nitrogens with zero attached hydrogens (tertiary/aromatic N) is 1. The zero-order valence-electron chi connectivity index (χ0n) is 13.3. The van der Waals surface area contributed by atoms with Gasteiger partial charge in [0.25, 0.3) is 5.69 Å². The summed E-state index contributed by atoms with van der Waals surface area (Å²) in [6.07, 6.45) is -0.171. The summed E-state index contributed by atoms with van der Waals surface area (Å²) >= 11 is 0. The molecule has 7 heteroatoms. The highest BCUT2D eigenvalue weighted by molar-refractivity contribution is 5.78. The Balaban J connectivity index is 3.08. The first kappa shape index (κ1) is 17.6. The second-order valence-corrected chi connectivity index (χ2v) is 6.21. The van der Waals surface area contributed by atoms with Crippen LogP contribution in [0.3, 0.4) is 0 Å². The maximum atomic E-state index is 11.9. The molecule has 0 aliphatic carbocycles. The third-order valence-electron chi connectivity index (χ3n) is 2.99. The van der Waals surface area contributed by atoms with Crippen LogP contribution in [0.1, 0.15) is 38.8 Å². The van der Waals surface area contributed by atoms with E-state index in [0.717, 1.165) is 0 Å². The molecule has 0 aromatic heterocycles. The lowest BCUT2D eigenvalue weighted by Gasteiger charge is -2.28. The fourth-order valence-electron chi connectivity index (χ4n) is 1.87. The predicted molar refractivity (Wildman–Crippen MR) is 80.6 cm³/mol. The molecule has 0 aliphatic heterocycles. The third-order valence-corrected chi connectivity index (χ3v) is 2.99. The van der Waals surface area contributed by atoms with E-state index in [9.17, 15) is 19.7 Å². The SMILES string of the molecule is Cc1cc(C(C)(C=O)NC(=O)OC(C)(C)C)ccc1[N+](=O)[O-]. The van der Waals surface area contributed by atoms with Crippen molar-refractivity contribution < 1.29 is 19.2 Å². The van der Waals surface area contributed by atoms with E-state index in [2.05, 4.69) is 5.32 Å². The summed E-state index contributed by atoms with van der Waals surface area (Å²) in [5.41, 5.74) is -1.23. The van der Waals surface area contributed by atoms with Gasteiger partial charge in [-0.25, -0.2) is 4.79 Å². The Morgan fingerprint density at radius 3 is 2.32 bits per heavy atom. The number of benzene rings is 1. The number of amides is 1. The minimum Gasteiger partial charge on any atom is -0.444 e. The highest BCUT2D eigenvalue weighted by Gasteiger charge is 2.31. The number of hydrogen-bond acceptors (Lipinski definition) is 5. The monoisotopic (exact) mass is 308 g/mol. The second kappa shape index (κ2) is 6.13. The van der Waals surface area contributed by atoms with Gasteiger partial charge in [-0.3, -0.25) is 10.1 Å². The van der Waals surface area contributed by atoms with Crippen LogP contribution < -0.4 is 5.32 Å². The summed E-state index contributed by atoms with van der Waals surface area (Å²) in [7, 11) is 0. The van der Waals surface area contributed by atoms with Crippen LogP contribution in [0, 0.1) is 17.0 Å². The van der Waals surface area contributed by atoms with Gasteiger partial charge in [-0.15, -0.1) is 0 Å². The molecule has 1 unspecified atom stereocenters. The fraction of sp³-hybridized carbons (Fsp3) is 0.467. The number of nitrogens with one attached hydrogen (secondary N) is 1. The minimum atomic E-state index is -1.33. The molecular formula is C15H20N2O5. The standard InChI is InChI=1S/C15H20N2O5/c1-10-8-11(6-7-12(10)17(20)21)15(5,9-18)16-13(19)22-14(2,3)4/h6-9H,1-5H3,(H,16,19). The van der Waals surface area contributed by atoms with Crippen LogP contribution in [0.25, 0.3) is 0 Å². The summed E-state index contributed by atoms with van der Waals surface area (Å²) in [6.45, 7) is 8.20. The van der Waals surface area contributed by atoms with E-state index < -0.39 is 22.2 Å². The van der Waals surface area contributed by atoms with Crippen molar-refractivity contribution in [3.05, 3.63) is 39.4 Å². The summed E-state index contributed by atoms with van der Waals surface area (Å²) in [4.78, 5) is 33.7. The number of nitro groups is 1. The quantitative estimate of drug-likeness (QED) is 0.524. The van der Waals surface area contributed by atoms with Crippen molar-refractivity contribution in [1.29, 1.82) is 0 Å². The molecule has 0 radical (unpaired) electrons. The van der Waals surface area contributed by atoms with Crippen LogP contribution in [0.2, 0.25) is 0 Å². The number of ether oxygens (including phenoxy) is 1. The molecule has 0 spiro atoms. The molecule has 22 heavy (non-hydrogen) atoms. The maximum absolute atomic E-state index is 11.9. The normalized spacial score (nSPS) is 13.9. The van der Waals surface area contributed by atoms with E-state index in [1.165, 1.54) is 25.1 Å². The molecule has 0 saturated heterocycles. The summed E-state index contributed by atoms with van der Waals surface area (Å²) < 4.78 is 5.13. The van der Waals surface area contributed by atoms with Gasteiger partial charge >= 0.3 is 6.09 Å². The van der Waals surface area contributed by atoms with Crippen LogP contribution in [-0.4, -0.2) is 22.9 Å². The van der Waals surface area contributed by atoms with Crippen molar-refractivity contribution in [2.75, 3.05) is 0 Å². The van der Waals surface area contributed by atoms with Gasteiger partial charge in [0.1, 0.15) is 17.4 Å². The molecule has 1 aromatic rings. The molecule has 1 rings (SSSR count). The van der Waals surface area contributed by atoms with Gasteiger partial charge in [-0.1, -0.05) is 0 Å². The highest BCUT2D eigenvalue weighted by Crippen LogP contribution is 2.25. The van der Waals surface area contributed by atoms with Crippen molar-refractivity contribution >= 4 is 18.1 Å². The Labute approximate surface area is 128 Å². The van der Waals surface area contributed by atoms with Gasteiger partial charge in [0, 0.05) is 11.6 Å². The number of alkyl carbamates (subject to hydrolysis) is 1. The van der Waals surface area contributed by atoms with Crippen molar-refractivity contribution in [3.63, 3.8) is 0 Å². The van der Waals surface area contributed by atoms with E-state index in [1.807, 2.05) is 0 Å². The maximum Gasteiger partial charge on any atom is 0.408 e. The zero-order valence-corrected chi connectivity index (χ0v) is 13.3. The third kappa shape index (κ3) is 4.28. The van der Waals surface area contributed by atoms with E-state index >= 15 is 0 Å². The largest absolute Gasteiger partial charge is 0.444 e. The van der Waals surface area contributed by atoms with Crippen LogP contribution in [0.4, 0.5) is 10.5 Å². The molecular weight excluding hydrogens is 288 g/mol. The molecule has 7 nitrogen and oxygen atoms in total.